The summed E-state index contributed by atoms with van der Waals surface area (Å²) in [6.07, 6.45) is 0. The van der Waals surface area contributed by atoms with Crippen molar-refractivity contribution >= 4 is 27.1 Å². The van der Waals surface area contributed by atoms with Gasteiger partial charge < -0.3 is 16.0 Å². The molecule has 1 heterocycles. The van der Waals surface area contributed by atoms with E-state index in [4.69, 9.17) is 5.73 Å². The number of anilines is 2. The highest BCUT2D eigenvalue weighted by atomic mass is 32.2. The van der Waals surface area contributed by atoms with E-state index in [1.807, 2.05) is 53.4 Å². The molecule has 1 fully saturated rings. The van der Waals surface area contributed by atoms with Gasteiger partial charge in [-0.15, -0.1) is 0 Å². The number of sulfone groups is 1. The maximum atomic E-state index is 12.4. The summed E-state index contributed by atoms with van der Waals surface area (Å²) >= 11 is 0. The highest BCUT2D eigenvalue weighted by Gasteiger charge is 2.22. The first-order valence-corrected chi connectivity index (χ1v) is 9.93. The molecule has 1 amide bonds. The van der Waals surface area contributed by atoms with Gasteiger partial charge in [-0.2, -0.15) is 0 Å². The van der Waals surface area contributed by atoms with Gasteiger partial charge in [-0.25, -0.2) is 8.42 Å². The number of hydrogen-bond donors (Lipinski definition) is 2. The van der Waals surface area contributed by atoms with E-state index in [0.29, 0.717) is 18.8 Å². The average molecular weight is 359 g/mol. The molecule has 1 unspecified atom stereocenters. The molecule has 3 rings (SSSR count). The summed E-state index contributed by atoms with van der Waals surface area (Å²) in [4.78, 5) is 14.4. The highest BCUT2D eigenvalue weighted by Crippen LogP contribution is 2.22. The van der Waals surface area contributed by atoms with Gasteiger partial charge in [0.25, 0.3) is 0 Å². The Morgan fingerprint density at radius 3 is 2.40 bits per heavy atom. The van der Waals surface area contributed by atoms with Gasteiger partial charge in [0, 0.05) is 24.5 Å². The molecular weight excluding hydrogens is 338 g/mol. The van der Waals surface area contributed by atoms with E-state index in [-0.39, 0.29) is 17.4 Å². The molecule has 1 atom stereocenters. The van der Waals surface area contributed by atoms with Gasteiger partial charge in [0.05, 0.1) is 11.5 Å². The van der Waals surface area contributed by atoms with E-state index >= 15 is 0 Å². The summed E-state index contributed by atoms with van der Waals surface area (Å²) < 4.78 is 23.1. The van der Waals surface area contributed by atoms with Crippen LogP contribution in [-0.2, 0) is 14.6 Å². The van der Waals surface area contributed by atoms with E-state index in [9.17, 15) is 13.2 Å². The Balaban J connectivity index is 1.69. The summed E-state index contributed by atoms with van der Waals surface area (Å²) in [5.74, 6) is 0.0230. The van der Waals surface area contributed by atoms with Crippen molar-refractivity contribution in [3.05, 3.63) is 60.2 Å². The van der Waals surface area contributed by atoms with Gasteiger partial charge in [0.15, 0.2) is 9.84 Å². The summed E-state index contributed by atoms with van der Waals surface area (Å²) in [6, 6.07) is 15.8. The smallest absolute Gasteiger partial charge is 0.245 e. The molecule has 1 aliphatic heterocycles. The molecule has 1 aliphatic rings. The summed E-state index contributed by atoms with van der Waals surface area (Å²) in [5, 5.41) is 2.83. The predicted octanol–water partition coefficient (Wildman–Crippen LogP) is 1.56. The van der Waals surface area contributed by atoms with Crippen molar-refractivity contribution in [3.8, 4) is 0 Å². The Morgan fingerprint density at radius 2 is 1.72 bits per heavy atom. The molecule has 2 aromatic carbocycles. The topological polar surface area (TPSA) is 92.5 Å². The van der Waals surface area contributed by atoms with Crippen molar-refractivity contribution in [3.63, 3.8) is 0 Å². The third-order valence-corrected chi connectivity index (χ3v) is 5.87. The second-order valence-electron chi connectivity index (χ2n) is 6.07. The molecular formula is C18H21N3O3S. The molecule has 0 spiro atoms. The van der Waals surface area contributed by atoms with Crippen LogP contribution in [0.2, 0.25) is 0 Å². The van der Waals surface area contributed by atoms with Crippen LogP contribution in [0.1, 0.15) is 11.6 Å². The van der Waals surface area contributed by atoms with Crippen molar-refractivity contribution in [1.82, 2.24) is 0 Å². The Hall–Kier alpha value is -2.38. The van der Waals surface area contributed by atoms with Crippen LogP contribution in [0.5, 0.6) is 0 Å². The molecule has 3 N–H and O–H groups in total. The van der Waals surface area contributed by atoms with Crippen LogP contribution in [0.15, 0.2) is 54.6 Å². The predicted molar refractivity (Wildman–Crippen MR) is 99.3 cm³/mol. The van der Waals surface area contributed by atoms with Gasteiger partial charge in [-0.3, -0.25) is 4.79 Å². The van der Waals surface area contributed by atoms with Crippen LogP contribution in [0.4, 0.5) is 11.4 Å². The maximum absolute atomic E-state index is 12.4. The van der Waals surface area contributed by atoms with E-state index < -0.39 is 15.9 Å². The summed E-state index contributed by atoms with van der Waals surface area (Å²) in [6.45, 7) is 0.923. The molecule has 132 valence electrons. The molecule has 1 saturated heterocycles. The summed E-state index contributed by atoms with van der Waals surface area (Å²) in [7, 11) is -2.92. The van der Waals surface area contributed by atoms with Gasteiger partial charge in [-0.1, -0.05) is 36.4 Å². The Labute approximate surface area is 147 Å². The van der Waals surface area contributed by atoms with Crippen LogP contribution in [0, 0.1) is 0 Å². The Kier molecular flexibility index (Phi) is 5.06. The number of nitrogens with zero attached hydrogens (tertiary/aromatic N) is 1. The molecule has 0 bridgehead atoms. The normalized spacial score (nSPS) is 17.7. The number of nitrogens with two attached hydrogens (primary N) is 1. The monoisotopic (exact) mass is 359 g/mol. The SMILES string of the molecule is NC(C(=O)Nc1cccc(N2CCS(=O)(=O)CC2)c1)c1ccccc1. The van der Waals surface area contributed by atoms with Crippen LogP contribution in [-0.4, -0.2) is 38.9 Å². The number of hydrogen-bond acceptors (Lipinski definition) is 5. The maximum Gasteiger partial charge on any atom is 0.245 e. The zero-order valence-corrected chi connectivity index (χ0v) is 14.6. The lowest BCUT2D eigenvalue weighted by atomic mass is 10.1. The first kappa shape index (κ1) is 17.4. The summed E-state index contributed by atoms with van der Waals surface area (Å²) in [5.41, 5.74) is 8.29. The van der Waals surface area contributed by atoms with E-state index in [0.717, 1.165) is 11.3 Å². The van der Waals surface area contributed by atoms with E-state index in [2.05, 4.69) is 5.32 Å². The third-order valence-electron chi connectivity index (χ3n) is 4.26. The molecule has 0 radical (unpaired) electrons. The van der Waals surface area contributed by atoms with Crippen molar-refractivity contribution in [1.29, 1.82) is 0 Å². The van der Waals surface area contributed by atoms with E-state index in [1.165, 1.54) is 0 Å². The first-order valence-electron chi connectivity index (χ1n) is 8.11. The molecule has 0 aromatic heterocycles. The minimum atomic E-state index is -2.92. The minimum Gasteiger partial charge on any atom is -0.369 e. The lowest BCUT2D eigenvalue weighted by Gasteiger charge is -2.29. The molecule has 25 heavy (non-hydrogen) atoms. The number of rotatable bonds is 4. The standard InChI is InChI=1S/C18H21N3O3S/c19-17(14-5-2-1-3-6-14)18(22)20-15-7-4-8-16(13-15)21-9-11-25(23,24)12-10-21/h1-8,13,17H,9-12,19H2,(H,20,22). The zero-order valence-electron chi connectivity index (χ0n) is 13.8. The van der Waals surface area contributed by atoms with E-state index in [1.54, 1.807) is 6.07 Å². The number of carbonyl (C=O) groups excluding carboxylic acids is 1. The van der Waals surface area contributed by atoms with Gasteiger partial charge >= 0.3 is 0 Å². The van der Waals surface area contributed by atoms with Gasteiger partial charge in [0.1, 0.15) is 6.04 Å². The third kappa shape index (κ3) is 4.37. The van der Waals surface area contributed by atoms with Crippen molar-refractivity contribution in [2.45, 2.75) is 6.04 Å². The fraction of sp³-hybridized carbons (Fsp3) is 0.278. The fourth-order valence-corrected chi connectivity index (χ4v) is 3.98. The van der Waals surface area contributed by atoms with Crippen molar-refractivity contribution < 1.29 is 13.2 Å². The number of carbonyl (C=O) groups is 1. The van der Waals surface area contributed by atoms with Crippen LogP contribution in [0.3, 0.4) is 0 Å². The Bertz CT molecular complexity index is 839. The average Bonchev–Trinajstić information content (AvgIpc) is 2.62. The first-order chi connectivity index (χ1) is 11.9. The second kappa shape index (κ2) is 7.25. The molecule has 7 heteroatoms. The van der Waals surface area contributed by atoms with Crippen LogP contribution in [0.25, 0.3) is 0 Å². The molecule has 2 aromatic rings. The van der Waals surface area contributed by atoms with Crippen molar-refractivity contribution in [2.24, 2.45) is 5.73 Å². The second-order valence-corrected chi connectivity index (χ2v) is 8.37. The van der Waals surface area contributed by atoms with Gasteiger partial charge in [-0.05, 0) is 23.8 Å². The van der Waals surface area contributed by atoms with Crippen LogP contribution < -0.4 is 16.0 Å². The zero-order chi connectivity index (χ0) is 17.9. The Morgan fingerprint density at radius 1 is 1.04 bits per heavy atom. The number of amides is 1. The molecule has 6 nitrogen and oxygen atoms in total. The largest absolute Gasteiger partial charge is 0.369 e. The van der Waals surface area contributed by atoms with Gasteiger partial charge in [0.2, 0.25) is 5.91 Å². The molecule has 0 aliphatic carbocycles. The number of nitrogens with one attached hydrogen (secondary N) is 1. The van der Waals surface area contributed by atoms with Crippen molar-refractivity contribution in [2.75, 3.05) is 34.8 Å². The minimum absolute atomic E-state index is 0.155. The lowest BCUT2D eigenvalue weighted by Crippen LogP contribution is -2.40. The highest BCUT2D eigenvalue weighted by molar-refractivity contribution is 7.91. The number of benzene rings is 2. The lowest BCUT2D eigenvalue weighted by molar-refractivity contribution is -0.117. The quantitative estimate of drug-likeness (QED) is 0.864. The molecule has 0 saturated carbocycles. The van der Waals surface area contributed by atoms with Crippen LogP contribution >= 0.6 is 0 Å². The fourth-order valence-electron chi connectivity index (χ4n) is 2.78.